The Kier molecular flexibility index (Phi) is 3.31. The summed E-state index contributed by atoms with van der Waals surface area (Å²) >= 11 is 1.56. The van der Waals surface area contributed by atoms with Crippen molar-refractivity contribution >= 4 is 28.2 Å². The third-order valence-electron chi connectivity index (χ3n) is 4.15. The van der Waals surface area contributed by atoms with Crippen molar-refractivity contribution in [3.8, 4) is 0 Å². The standard InChI is InChI=1S/C18H15NO3S/c1-2-9-19-15(13-8-5-10-23-13)14-16(20)11-6-3-4-7-12(11)22-17(14)18(19)21/h3-8,10,15H,2,9H2,1H3/t15-/m0/s1. The Morgan fingerprint density at radius 2 is 2.00 bits per heavy atom. The highest BCUT2D eigenvalue weighted by atomic mass is 32.1. The van der Waals surface area contributed by atoms with Crippen LogP contribution >= 0.6 is 11.3 Å². The van der Waals surface area contributed by atoms with Crippen LogP contribution < -0.4 is 5.43 Å². The van der Waals surface area contributed by atoms with Crippen LogP contribution in [0.5, 0.6) is 0 Å². The van der Waals surface area contributed by atoms with Crippen molar-refractivity contribution in [2.24, 2.45) is 0 Å². The number of benzene rings is 1. The van der Waals surface area contributed by atoms with Crippen molar-refractivity contribution in [3.63, 3.8) is 0 Å². The summed E-state index contributed by atoms with van der Waals surface area (Å²) in [5, 5.41) is 2.49. The molecule has 1 atom stereocenters. The summed E-state index contributed by atoms with van der Waals surface area (Å²) in [6, 6.07) is 10.7. The first-order valence-corrected chi connectivity index (χ1v) is 8.50. The molecule has 5 heteroatoms. The molecular formula is C18H15NO3S. The average molecular weight is 325 g/mol. The first-order valence-electron chi connectivity index (χ1n) is 7.62. The first-order chi connectivity index (χ1) is 11.2. The third-order valence-corrected chi connectivity index (χ3v) is 5.08. The third kappa shape index (κ3) is 2.04. The minimum atomic E-state index is -0.335. The predicted octanol–water partition coefficient (Wildman–Crippen LogP) is 3.81. The normalized spacial score (nSPS) is 17.0. The van der Waals surface area contributed by atoms with Crippen LogP contribution in [0.2, 0.25) is 0 Å². The molecule has 0 aliphatic carbocycles. The van der Waals surface area contributed by atoms with Gasteiger partial charge in [-0.3, -0.25) is 9.59 Å². The van der Waals surface area contributed by atoms with E-state index >= 15 is 0 Å². The number of para-hydroxylation sites is 1. The van der Waals surface area contributed by atoms with Gasteiger partial charge in [0, 0.05) is 11.4 Å². The maximum Gasteiger partial charge on any atom is 0.290 e. The van der Waals surface area contributed by atoms with E-state index < -0.39 is 0 Å². The number of nitrogens with zero attached hydrogens (tertiary/aromatic N) is 1. The van der Waals surface area contributed by atoms with Gasteiger partial charge in [-0.15, -0.1) is 11.3 Å². The van der Waals surface area contributed by atoms with Gasteiger partial charge in [0.15, 0.2) is 5.43 Å². The van der Waals surface area contributed by atoms with E-state index in [9.17, 15) is 9.59 Å². The van der Waals surface area contributed by atoms with Crippen LogP contribution in [0, 0.1) is 0 Å². The van der Waals surface area contributed by atoms with Crippen LogP contribution in [0.25, 0.3) is 11.0 Å². The lowest BCUT2D eigenvalue weighted by Crippen LogP contribution is -2.29. The van der Waals surface area contributed by atoms with E-state index in [1.165, 1.54) is 0 Å². The summed E-state index contributed by atoms with van der Waals surface area (Å²) in [6.45, 7) is 2.62. The van der Waals surface area contributed by atoms with Crippen LogP contribution in [0.3, 0.4) is 0 Å². The Morgan fingerprint density at radius 3 is 2.74 bits per heavy atom. The molecular weight excluding hydrogens is 310 g/mol. The molecule has 1 aliphatic heterocycles. The van der Waals surface area contributed by atoms with Gasteiger partial charge < -0.3 is 9.32 Å². The topological polar surface area (TPSA) is 50.5 Å². The number of carbonyl (C=O) groups excluding carboxylic acids is 1. The van der Waals surface area contributed by atoms with Crippen LogP contribution in [-0.4, -0.2) is 17.4 Å². The second-order valence-corrected chi connectivity index (χ2v) is 6.57. The van der Waals surface area contributed by atoms with Crippen molar-refractivity contribution in [1.29, 1.82) is 0 Å². The molecule has 3 aromatic rings. The fraction of sp³-hybridized carbons (Fsp3) is 0.222. The second-order valence-electron chi connectivity index (χ2n) is 5.59. The fourth-order valence-electron chi connectivity index (χ4n) is 3.18. The molecule has 0 radical (unpaired) electrons. The van der Waals surface area contributed by atoms with E-state index in [2.05, 4.69) is 0 Å². The monoisotopic (exact) mass is 325 g/mol. The molecule has 1 aliphatic rings. The lowest BCUT2D eigenvalue weighted by molar-refractivity contribution is 0.0730. The van der Waals surface area contributed by atoms with Gasteiger partial charge in [-0.2, -0.15) is 0 Å². The van der Waals surface area contributed by atoms with Gasteiger partial charge in [0.05, 0.1) is 17.0 Å². The van der Waals surface area contributed by atoms with E-state index in [1.807, 2.05) is 30.5 Å². The molecule has 0 unspecified atom stereocenters. The van der Waals surface area contributed by atoms with Crippen molar-refractivity contribution in [2.75, 3.05) is 6.54 Å². The molecule has 0 N–H and O–H groups in total. The second kappa shape index (κ2) is 5.35. The molecule has 1 amide bonds. The molecule has 23 heavy (non-hydrogen) atoms. The Hall–Kier alpha value is -2.40. The number of thiophene rings is 1. The minimum Gasteiger partial charge on any atom is -0.450 e. The molecule has 116 valence electrons. The lowest BCUT2D eigenvalue weighted by Gasteiger charge is -2.23. The van der Waals surface area contributed by atoms with E-state index in [0.717, 1.165) is 11.3 Å². The largest absolute Gasteiger partial charge is 0.450 e. The van der Waals surface area contributed by atoms with E-state index in [-0.39, 0.29) is 23.1 Å². The molecule has 3 heterocycles. The van der Waals surface area contributed by atoms with Gasteiger partial charge in [0.2, 0.25) is 5.76 Å². The van der Waals surface area contributed by atoms with Gasteiger partial charge in [0.1, 0.15) is 5.58 Å². The Bertz CT molecular complexity index is 943. The zero-order valence-electron chi connectivity index (χ0n) is 12.6. The zero-order valence-corrected chi connectivity index (χ0v) is 13.4. The zero-order chi connectivity index (χ0) is 16.0. The van der Waals surface area contributed by atoms with Gasteiger partial charge in [-0.05, 0) is 30.0 Å². The highest BCUT2D eigenvalue weighted by Crippen LogP contribution is 2.39. The molecule has 2 aromatic heterocycles. The van der Waals surface area contributed by atoms with Gasteiger partial charge >= 0.3 is 0 Å². The van der Waals surface area contributed by atoms with E-state index in [0.29, 0.717) is 23.1 Å². The smallest absolute Gasteiger partial charge is 0.290 e. The van der Waals surface area contributed by atoms with Gasteiger partial charge in [0.25, 0.3) is 5.91 Å². The van der Waals surface area contributed by atoms with E-state index in [1.54, 1.807) is 34.4 Å². The number of rotatable bonds is 3. The van der Waals surface area contributed by atoms with Crippen LogP contribution in [-0.2, 0) is 0 Å². The molecule has 0 saturated carbocycles. The molecule has 4 nitrogen and oxygen atoms in total. The van der Waals surface area contributed by atoms with Gasteiger partial charge in [-0.25, -0.2) is 0 Å². The van der Waals surface area contributed by atoms with Crippen molar-refractivity contribution in [1.82, 2.24) is 4.90 Å². The summed E-state index contributed by atoms with van der Waals surface area (Å²) in [6.07, 6.45) is 0.829. The minimum absolute atomic E-state index is 0.104. The molecule has 4 rings (SSSR count). The predicted molar refractivity (Wildman–Crippen MR) is 90.0 cm³/mol. The fourth-order valence-corrected chi connectivity index (χ4v) is 4.03. The van der Waals surface area contributed by atoms with Crippen molar-refractivity contribution in [2.45, 2.75) is 19.4 Å². The summed E-state index contributed by atoms with van der Waals surface area (Å²) in [4.78, 5) is 28.5. The quantitative estimate of drug-likeness (QED) is 0.736. The van der Waals surface area contributed by atoms with Crippen LogP contribution in [0.1, 0.15) is 40.4 Å². The molecule has 0 spiro atoms. The highest BCUT2D eigenvalue weighted by Gasteiger charge is 2.42. The summed E-state index contributed by atoms with van der Waals surface area (Å²) in [7, 11) is 0. The summed E-state index contributed by atoms with van der Waals surface area (Å²) in [5.41, 5.74) is 0.838. The van der Waals surface area contributed by atoms with Crippen LogP contribution in [0.4, 0.5) is 0 Å². The number of fused-ring (bicyclic) bond motifs is 2. The number of amides is 1. The molecule has 0 fully saturated rings. The molecule has 0 bridgehead atoms. The maximum absolute atomic E-state index is 13.0. The van der Waals surface area contributed by atoms with Crippen molar-refractivity contribution < 1.29 is 9.21 Å². The average Bonchev–Trinajstić information content (AvgIpc) is 3.17. The number of carbonyl (C=O) groups is 1. The lowest BCUT2D eigenvalue weighted by atomic mass is 10.0. The highest BCUT2D eigenvalue weighted by molar-refractivity contribution is 7.10. The molecule has 1 aromatic carbocycles. The molecule has 0 saturated heterocycles. The summed E-state index contributed by atoms with van der Waals surface area (Å²) in [5.74, 6) is 0.00338. The van der Waals surface area contributed by atoms with Crippen LogP contribution in [0.15, 0.2) is 51.0 Å². The van der Waals surface area contributed by atoms with Gasteiger partial charge in [-0.1, -0.05) is 25.1 Å². The summed E-state index contributed by atoms with van der Waals surface area (Å²) < 4.78 is 5.82. The maximum atomic E-state index is 13.0. The number of hydrogen-bond donors (Lipinski definition) is 0. The Labute approximate surface area is 137 Å². The number of hydrogen-bond acceptors (Lipinski definition) is 4. The Balaban J connectivity index is 2.03. The van der Waals surface area contributed by atoms with E-state index in [4.69, 9.17) is 4.42 Å². The SMILES string of the molecule is CCCN1C(=O)c2oc3ccccc3c(=O)c2[C@@H]1c1cccs1. The van der Waals surface area contributed by atoms with Crippen molar-refractivity contribution in [3.05, 3.63) is 68.2 Å². The first kappa shape index (κ1) is 14.2. The Morgan fingerprint density at radius 1 is 1.17 bits per heavy atom.